The monoisotopic (exact) mass is 304 g/mol. The molecule has 0 aliphatic carbocycles. The number of rotatable bonds is 4. The summed E-state index contributed by atoms with van der Waals surface area (Å²) >= 11 is 1.64. The second-order valence-electron chi connectivity index (χ2n) is 5.10. The van der Waals surface area contributed by atoms with E-state index in [0.29, 0.717) is 12.0 Å². The quantitative estimate of drug-likeness (QED) is 0.761. The van der Waals surface area contributed by atoms with Crippen LogP contribution < -0.4 is 0 Å². The van der Waals surface area contributed by atoms with Gasteiger partial charge in [0.1, 0.15) is 11.6 Å². The van der Waals surface area contributed by atoms with E-state index in [2.05, 4.69) is 0 Å². The second-order valence-corrected chi connectivity index (χ2v) is 6.01. The number of fused-ring (bicyclic) bond motifs is 1. The van der Waals surface area contributed by atoms with Gasteiger partial charge in [-0.15, -0.1) is 11.3 Å². The van der Waals surface area contributed by atoms with E-state index in [0.717, 1.165) is 17.0 Å². The highest BCUT2D eigenvalue weighted by Gasteiger charge is 2.12. The van der Waals surface area contributed by atoms with Crippen molar-refractivity contribution in [2.24, 2.45) is 0 Å². The smallest absolute Gasteiger partial charge is 0.126 e. The van der Waals surface area contributed by atoms with Crippen LogP contribution in [0.1, 0.15) is 11.1 Å². The van der Waals surface area contributed by atoms with Gasteiger partial charge in [0, 0.05) is 17.2 Å². The molecule has 0 radical (unpaired) electrons. The molecule has 0 spiro atoms. The summed E-state index contributed by atoms with van der Waals surface area (Å²) in [7, 11) is 0. The van der Waals surface area contributed by atoms with E-state index in [-0.39, 0.29) is 6.42 Å². The lowest BCUT2D eigenvalue weighted by molar-refractivity contribution is 0.175. The lowest BCUT2D eigenvalue weighted by atomic mass is 10.0. The van der Waals surface area contributed by atoms with Crippen molar-refractivity contribution in [3.8, 4) is 0 Å². The Kier molecular flexibility index (Phi) is 3.99. The number of hydrogen-bond donors (Lipinski definition) is 1. The zero-order valence-electron chi connectivity index (χ0n) is 11.2. The molecule has 0 amide bonds. The van der Waals surface area contributed by atoms with Crippen molar-refractivity contribution < 1.29 is 13.9 Å². The van der Waals surface area contributed by atoms with E-state index >= 15 is 0 Å². The minimum absolute atomic E-state index is 0.235. The molecule has 1 heterocycles. The Balaban J connectivity index is 1.75. The van der Waals surface area contributed by atoms with Crippen molar-refractivity contribution in [2.45, 2.75) is 18.9 Å². The molecule has 1 atom stereocenters. The van der Waals surface area contributed by atoms with Crippen LogP contribution in [0.2, 0.25) is 0 Å². The van der Waals surface area contributed by atoms with Gasteiger partial charge in [-0.1, -0.05) is 18.2 Å². The molecule has 2 aromatic carbocycles. The Bertz CT molecular complexity index is 746. The Morgan fingerprint density at radius 3 is 2.48 bits per heavy atom. The third-order valence-corrected chi connectivity index (χ3v) is 4.42. The fraction of sp³-hybridized carbons (Fsp3) is 0.176. The summed E-state index contributed by atoms with van der Waals surface area (Å²) in [4.78, 5) is 0. The largest absolute Gasteiger partial charge is 0.392 e. The molecule has 0 bridgehead atoms. The molecule has 1 unspecified atom stereocenters. The molecule has 1 aromatic heterocycles. The molecule has 0 saturated carbocycles. The Hall–Kier alpha value is -1.78. The van der Waals surface area contributed by atoms with Crippen LogP contribution in [-0.4, -0.2) is 11.2 Å². The zero-order valence-corrected chi connectivity index (χ0v) is 12.0. The first-order valence-electron chi connectivity index (χ1n) is 6.70. The number of thiophene rings is 1. The van der Waals surface area contributed by atoms with Crippen molar-refractivity contribution in [3.63, 3.8) is 0 Å². The summed E-state index contributed by atoms with van der Waals surface area (Å²) in [5, 5.41) is 13.3. The van der Waals surface area contributed by atoms with Gasteiger partial charge in [-0.3, -0.25) is 0 Å². The van der Waals surface area contributed by atoms with Crippen molar-refractivity contribution >= 4 is 21.4 Å². The predicted molar refractivity (Wildman–Crippen MR) is 81.6 cm³/mol. The molecule has 0 aliphatic rings. The van der Waals surface area contributed by atoms with Gasteiger partial charge < -0.3 is 5.11 Å². The van der Waals surface area contributed by atoms with E-state index in [9.17, 15) is 13.9 Å². The van der Waals surface area contributed by atoms with Gasteiger partial charge in [0.25, 0.3) is 0 Å². The van der Waals surface area contributed by atoms with Crippen LogP contribution in [0.25, 0.3) is 10.1 Å². The third kappa shape index (κ3) is 3.28. The molecule has 1 nitrogen and oxygen atoms in total. The third-order valence-electron chi connectivity index (χ3n) is 3.41. The average molecular weight is 304 g/mol. The number of benzene rings is 2. The maximum absolute atomic E-state index is 13.1. The summed E-state index contributed by atoms with van der Waals surface area (Å²) < 4.78 is 27.5. The van der Waals surface area contributed by atoms with Crippen LogP contribution in [0.3, 0.4) is 0 Å². The summed E-state index contributed by atoms with van der Waals surface area (Å²) in [5.74, 6) is -1.23. The van der Waals surface area contributed by atoms with E-state index in [1.165, 1.54) is 16.8 Å². The molecule has 108 valence electrons. The molecule has 0 aliphatic heterocycles. The zero-order chi connectivity index (χ0) is 14.8. The first kappa shape index (κ1) is 14.2. The summed E-state index contributed by atoms with van der Waals surface area (Å²) in [6, 6.07) is 11.4. The number of halogens is 2. The Labute approximate surface area is 125 Å². The van der Waals surface area contributed by atoms with Crippen LogP contribution in [0.5, 0.6) is 0 Å². The van der Waals surface area contributed by atoms with Crippen molar-refractivity contribution in [1.29, 1.82) is 0 Å². The molecule has 1 N–H and O–H groups in total. The standard InChI is InChI=1S/C17H14F2OS/c18-13-5-11(6-14(19)9-13)7-15(20)8-12-10-21-17-4-2-1-3-16(12)17/h1-6,9-10,15,20H,7-8H2. The molecule has 21 heavy (non-hydrogen) atoms. The fourth-order valence-corrected chi connectivity index (χ4v) is 3.49. The average Bonchev–Trinajstić information content (AvgIpc) is 2.81. The molecule has 4 heteroatoms. The van der Waals surface area contributed by atoms with Crippen LogP contribution in [0.4, 0.5) is 8.78 Å². The van der Waals surface area contributed by atoms with Gasteiger partial charge in [-0.05, 0) is 46.5 Å². The van der Waals surface area contributed by atoms with Gasteiger partial charge >= 0.3 is 0 Å². The van der Waals surface area contributed by atoms with Crippen LogP contribution >= 0.6 is 11.3 Å². The maximum Gasteiger partial charge on any atom is 0.126 e. The van der Waals surface area contributed by atoms with E-state index < -0.39 is 17.7 Å². The number of hydrogen-bond acceptors (Lipinski definition) is 2. The van der Waals surface area contributed by atoms with E-state index in [1.807, 2.05) is 29.6 Å². The van der Waals surface area contributed by atoms with Crippen molar-refractivity contribution in [3.05, 3.63) is 70.6 Å². The van der Waals surface area contributed by atoms with Gasteiger partial charge in [0.2, 0.25) is 0 Å². The first-order valence-corrected chi connectivity index (χ1v) is 7.58. The highest BCUT2D eigenvalue weighted by Crippen LogP contribution is 2.27. The normalized spacial score (nSPS) is 12.7. The highest BCUT2D eigenvalue weighted by molar-refractivity contribution is 7.17. The molecular formula is C17H14F2OS. The topological polar surface area (TPSA) is 20.2 Å². The first-order chi connectivity index (χ1) is 10.1. The van der Waals surface area contributed by atoms with Crippen LogP contribution in [0.15, 0.2) is 47.8 Å². The summed E-state index contributed by atoms with van der Waals surface area (Å²) in [6.45, 7) is 0. The van der Waals surface area contributed by atoms with E-state index in [1.54, 1.807) is 11.3 Å². The van der Waals surface area contributed by atoms with E-state index in [4.69, 9.17) is 0 Å². The number of aliphatic hydroxyl groups is 1. The maximum atomic E-state index is 13.1. The lowest BCUT2D eigenvalue weighted by Crippen LogP contribution is -2.14. The molecule has 0 saturated heterocycles. The highest BCUT2D eigenvalue weighted by atomic mass is 32.1. The number of aliphatic hydroxyl groups excluding tert-OH is 1. The SMILES string of the molecule is OC(Cc1cc(F)cc(F)c1)Cc1csc2ccccc12. The van der Waals surface area contributed by atoms with Crippen LogP contribution in [-0.2, 0) is 12.8 Å². The van der Waals surface area contributed by atoms with Gasteiger partial charge in [0.15, 0.2) is 0 Å². The fourth-order valence-electron chi connectivity index (χ4n) is 2.52. The van der Waals surface area contributed by atoms with Gasteiger partial charge in [-0.2, -0.15) is 0 Å². The van der Waals surface area contributed by atoms with Crippen molar-refractivity contribution in [2.75, 3.05) is 0 Å². The molecule has 3 aromatic rings. The van der Waals surface area contributed by atoms with Gasteiger partial charge in [0.05, 0.1) is 6.10 Å². The lowest BCUT2D eigenvalue weighted by Gasteiger charge is -2.10. The van der Waals surface area contributed by atoms with Crippen LogP contribution in [0, 0.1) is 11.6 Å². The summed E-state index contributed by atoms with van der Waals surface area (Å²) in [6.07, 6.45) is 0.0466. The molecular weight excluding hydrogens is 290 g/mol. The molecule has 3 rings (SSSR count). The second kappa shape index (κ2) is 5.92. The van der Waals surface area contributed by atoms with Crippen molar-refractivity contribution in [1.82, 2.24) is 0 Å². The minimum Gasteiger partial charge on any atom is -0.392 e. The molecule has 0 fully saturated rings. The van der Waals surface area contributed by atoms with Gasteiger partial charge in [-0.25, -0.2) is 8.78 Å². The minimum atomic E-state index is -0.663. The Morgan fingerprint density at radius 2 is 1.71 bits per heavy atom. The predicted octanol–water partition coefficient (Wildman–Crippen LogP) is 4.33. The Morgan fingerprint density at radius 1 is 1.00 bits per heavy atom. The summed E-state index contributed by atoms with van der Waals surface area (Å²) in [5.41, 5.74) is 1.54.